The zero-order valence-electron chi connectivity index (χ0n) is 8.60. The SMILES string of the molecule is NC(CSc1cccc(Cl)c1)c1ccsc1. The lowest BCUT2D eigenvalue weighted by molar-refractivity contribution is 0.836. The maximum Gasteiger partial charge on any atom is 0.0417 e. The summed E-state index contributed by atoms with van der Waals surface area (Å²) in [6.07, 6.45) is 0. The molecule has 0 aliphatic carbocycles. The summed E-state index contributed by atoms with van der Waals surface area (Å²) in [7, 11) is 0. The minimum atomic E-state index is 0.0928. The Bertz CT molecular complexity index is 442. The molecule has 2 N–H and O–H groups in total. The summed E-state index contributed by atoms with van der Waals surface area (Å²) in [4.78, 5) is 1.16. The molecule has 0 aliphatic heterocycles. The molecule has 0 bridgehead atoms. The molecule has 0 spiro atoms. The van der Waals surface area contributed by atoms with Crippen LogP contribution in [0.2, 0.25) is 5.02 Å². The van der Waals surface area contributed by atoms with E-state index in [1.165, 1.54) is 5.56 Å². The molecular weight excluding hydrogens is 258 g/mol. The second-order valence-electron chi connectivity index (χ2n) is 3.43. The van der Waals surface area contributed by atoms with Crippen molar-refractivity contribution in [1.82, 2.24) is 0 Å². The average molecular weight is 270 g/mol. The fourth-order valence-electron chi connectivity index (χ4n) is 1.32. The summed E-state index contributed by atoms with van der Waals surface area (Å²) in [6.45, 7) is 0. The third kappa shape index (κ3) is 3.25. The Labute approximate surface area is 109 Å². The Morgan fingerprint density at radius 3 is 2.94 bits per heavy atom. The molecule has 0 saturated heterocycles. The van der Waals surface area contributed by atoms with Crippen molar-refractivity contribution in [3.05, 3.63) is 51.7 Å². The summed E-state index contributed by atoms with van der Waals surface area (Å²) in [5, 5.41) is 4.93. The van der Waals surface area contributed by atoms with Crippen molar-refractivity contribution in [2.24, 2.45) is 5.73 Å². The Balaban J connectivity index is 1.92. The second-order valence-corrected chi connectivity index (χ2v) is 5.74. The van der Waals surface area contributed by atoms with Gasteiger partial charge in [0, 0.05) is 21.7 Å². The maximum absolute atomic E-state index is 6.08. The lowest BCUT2D eigenvalue weighted by Gasteiger charge is -2.09. The van der Waals surface area contributed by atoms with Gasteiger partial charge in [-0.05, 0) is 40.6 Å². The quantitative estimate of drug-likeness (QED) is 0.842. The molecule has 0 amide bonds. The summed E-state index contributed by atoms with van der Waals surface area (Å²) >= 11 is 9.33. The predicted molar refractivity (Wildman–Crippen MR) is 73.4 cm³/mol. The number of hydrogen-bond acceptors (Lipinski definition) is 3. The van der Waals surface area contributed by atoms with Crippen LogP contribution in [0, 0.1) is 0 Å². The molecule has 84 valence electrons. The van der Waals surface area contributed by atoms with Gasteiger partial charge in [-0.25, -0.2) is 0 Å². The van der Waals surface area contributed by atoms with E-state index in [0.717, 1.165) is 15.7 Å². The van der Waals surface area contributed by atoms with Crippen LogP contribution in [0.15, 0.2) is 46.0 Å². The van der Waals surface area contributed by atoms with Gasteiger partial charge in [0.15, 0.2) is 0 Å². The molecule has 1 nitrogen and oxygen atoms in total. The molecular formula is C12H12ClNS2. The van der Waals surface area contributed by atoms with Crippen LogP contribution in [0.4, 0.5) is 0 Å². The van der Waals surface area contributed by atoms with Gasteiger partial charge in [0.05, 0.1) is 0 Å². The maximum atomic E-state index is 6.08. The van der Waals surface area contributed by atoms with Crippen molar-refractivity contribution in [3.63, 3.8) is 0 Å². The first-order valence-corrected chi connectivity index (χ1v) is 7.22. The van der Waals surface area contributed by atoms with Crippen LogP contribution < -0.4 is 5.73 Å². The number of thiophene rings is 1. The van der Waals surface area contributed by atoms with Crippen LogP contribution >= 0.6 is 34.7 Å². The topological polar surface area (TPSA) is 26.0 Å². The summed E-state index contributed by atoms with van der Waals surface area (Å²) in [6, 6.07) is 10.0. The summed E-state index contributed by atoms with van der Waals surface area (Å²) in [5.74, 6) is 0.872. The molecule has 1 heterocycles. The van der Waals surface area contributed by atoms with Crippen molar-refractivity contribution >= 4 is 34.7 Å². The number of rotatable bonds is 4. The Hall–Kier alpha value is -0.480. The largest absolute Gasteiger partial charge is 0.323 e. The fourth-order valence-corrected chi connectivity index (χ4v) is 3.25. The summed E-state index contributed by atoms with van der Waals surface area (Å²) in [5.41, 5.74) is 7.29. The third-order valence-corrected chi connectivity index (χ3v) is 4.25. The van der Waals surface area contributed by atoms with Gasteiger partial charge in [-0.3, -0.25) is 0 Å². The van der Waals surface area contributed by atoms with Crippen LogP contribution in [0.3, 0.4) is 0 Å². The van der Waals surface area contributed by atoms with E-state index < -0.39 is 0 Å². The zero-order valence-corrected chi connectivity index (χ0v) is 11.0. The number of nitrogens with two attached hydrogens (primary N) is 1. The van der Waals surface area contributed by atoms with Gasteiger partial charge in [-0.1, -0.05) is 17.7 Å². The first kappa shape index (κ1) is 12.0. The molecule has 2 rings (SSSR count). The monoisotopic (exact) mass is 269 g/mol. The van der Waals surface area contributed by atoms with Gasteiger partial charge in [0.25, 0.3) is 0 Å². The van der Waals surface area contributed by atoms with E-state index in [1.807, 2.05) is 18.2 Å². The van der Waals surface area contributed by atoms with Crippen LogP contribution in [0.25, 0.3) is 0 Å². The first-order chi connectivity index (χ1) is 7.75. The molecule has 0 saturated carbocycles. The molecule has 0 radical (unpaired) electrons. The second kappa shape index (κ2) is 5.73. The van der Waals surface area contributed by atoms with Gasteiger partial charge in [-0.15, -0.1) is 11.8 Å². The van der Waals surface area contributed by atoms with Gasteiger partial charge in [0.1, 0.15) is 0 Å². The van der Waals surface area contributed by atoms with Crippen molar-refractivity contribution < 1.29 is 0 Å². The normalized spacial score (nSPS) is 12.6. The van der Waals surface area contributed by atoms with Crippen molar-refractivity contribution in [1.29, 1.82) is 0 Å². The highest BCUT2D eigenvalue weighted by molar-refractivity contribution is 7.99. The molecule has 1 atom stereocenters. The molecule has 0 aliphatic rings. The summed E-state index contributed by atoms with van der Waals surface area (Å²) < 4.78 is 0. The molecule has 2 aromatic rings. The lowest BCUT2D eigenvalue weighted by Crippen LogP contribution is -2.11. The third-order valence-electron chi connectivity index (χ3n) is 2.20. The van der Waals surface area contributed by atoms with Gasteiger partial charge < -0.3 is 5.73 Å². The van der Waals surface area contributed by atoms with Crippen LogP contribution in [0.5, 0.6) is 0 Å². The smallest absolute Gasteiger partial charge is 0.0417 e. The van der Waals surface area contributed by atoms with E-state index in [-0.39, 0.29) is 6.04 Å². The Morgan fingerprint density at radius 2 is 2.25 bits per heavy atom. The minimum absolute atomic E-state index is 0.0928. The van der Waals surface area contributed by atoms with Gasteiger partial charge in [-0.2, -0.15) is 11.3 Å². The van der Waals surface area contributed by atoms with E-state index in [2.05, 4.69) is 22.9 Å². The van der Waals surface area contributed by atoms with E-state index in [0.29, 0.717) is 0 Å². The van der Waals surface area contributed by atoms with Crippen LogP contribution in [0.1, 0.15) is 11.6 Å². The van der Waals surface area contributed by atoms with E-state index >= 15 is 0 Å². The first-order valence-electron chi connectivity index (χ1n) is 4.92. The van der Waals surface area contributed by atoms with E-state index in [9.17, 15) is 0 Å². The molecule has 4 heteroatoms. The highest BCUT2D eigenvalue weighted by atomic mass is 35.5. The number of hydrogen-bond donors (Lipinski definition) is 1. The average Bonchev–Trinajstić information content (AvgIpc) is 2.79. The Morgan fingerprint density at radius 1 is 1.38 bits per heavy atom. The predicted octanol–water partition coefficient (Wildman–Crippen LogP) is 4.19. The molecule has 16 heavy (non-hydrogen) atoms. The zero-order chi connectivity index (χ0) is 11.4. The van der Waals surface area contributed by atoms with E-state index in [1.54, 1.807) is 23.1 Å². The van der Waals surface area contributed by atoms with Crippen molar-refractivity contribution in [3.8, 4) is 0 Å². The van der Waals surface area contributed by atoms with Gasteiger partial charge in [0.2, 0.25) is 0 Å². The highest BCUT2D eigenvalue weighted by Crippen LogP contribution is 2.26. The number of thioether (sulfide) groups is 1. The fraction of sp³-hybridized carbons (Fsp3) is 0.167. The van der Waals surface area contributed by atoms with E-state index in [4.69, 9.17) is 17.3 Å². The number of benzene rings is 1. The molecule has 1 unspecified atom stereocenters. The van der Waals surface area contributed by atoms with Crippen LogP contribution in [-0.4, -0.2) is 5.75 Å². The standard InChI is InChI=1S/C12H12ClNS2/c13-10-2-1-3-11(6-10)16-8-12(14)9-4-5-15-7-9/h1-7,12H,8,14H2. The molecule has 1 aromatic carbocycles. The molecule has 1 aromatic heterocycles. The van der Waals surface area contributed by atoms with Crippen molar-refractivity contribution in [2.45, 2.75) is 10.9 Å². The number of halogens is 1. The molecule has 0 fully saturated rings. The lowest BCUT2D eigenvalue weighted by atomic mass is 10.2. The van der Waals surface area contributed by atoms with Gasteiger partial charge >= 0.3 is 0 Å². The minimum Gasteiger partial charge on any atom is -0.323 e. The van der Waals surface area contributed by atoms with Crippen LogP contribution in [-0.2, 0) is 0 Å². The van der Waals surface area contributed by atoms with Crippen molar-refractivity contribution in [2.75, 3.05) is 5.75 Å². The Kier molecular flexibility index (Phi) is 4.29. The highest BCUT2D eigenvalue weighted by Gasteiger charge is 2.06.